The molecule has 1 rings (SSSR count). The maximum Gasteiger partial charge on any atom is 0.123 e. The summed E-state index contributed by atoms with van der Waals surface area (Å²) < 4.78 is 13.3. The van der Waals surface area contributed by atoms with Gasteiger partial charge >= 0.3 is 0 Å². The lowest BCUT2D eigenvalue weighted by molar-refractivity contribution is 0.551. The van der Waals surface area contributed by atoms with Crippen LogP contribution in [0.5, 0.6) is 0 Å². The zero-order valence-electron chi connectivity index (χ0n) is 11.7. The molecular weight excluding hydrogens is 293 g/mol. The molecule has 0 aliphatic carbocycles. The standard InChI is InChI=1S/C15H23BrFN/c1-11(2)9-18(10-12(3)4)15-6-5-14(17)7-13(15)8-16/h5-7,11-12H,8-10H2,1-4H3. The van der Waals surface area contributed by atoms with Crippen LogP contribution < -0.4 is 4.90 Å². The zero-order chi connectivity index (χ0) is 13.7. The maximum atomic E-state index is 13.3. The van der Waals surface area contributed by atoms with Gasteiger partial charge in [0, 0.05) is 24.1 Å². The minimum Gasteiger partial charge on any atom is -0.371 e. The van der Waals surface area contributed by atoms with E-state index in [1.807, 2.05) is 6.07 Å². The van der Waals surface area contributed by atoms with Crippen LogP contribution in [0, 0.1) is 17.7 Å². The molecule has 0 fully saturated rings. The van der Waals surface area contributed by atoms with Gasteiger partial charge in [-0.25, -0.2) is 4.39 Å². The molecule has 1 aromatic rings. The molecule has 1 nitrogen and oxygen atoms in total. The van der Waals surface area contributed by atoms with E-state index < -0.39 is 0 Å². The van der Waals surface area contributed by atoms with Crippen LogP contribution in [0.15, 0.2) is 18.2 Å². The highest BCUT2D eigenvalue weighted by atomic mass is 79.9. The van der Waals surface area contributed by atoms with E-state index in [0.717, 1.165) is 24.3 Å². The topological polar surface area (TPSA) is 3.24 Å². The lowest BCUT2D eigenvalue weighted by Gasteiger charge is -2.30. The smallest absolute Gasteiger partial charge is 0.123 e. The van der Waals surface area contributed by atoms with Crippen molar-refractivity contribution in [1.29, 1.82) is 0 Å². The van der Waals surface area contributed by atoms with Gasteiger partial charge in [-0.2, -0.15) is 0 Å². The molecule has 0 aliphatic heterocycles. The van der Waals surface area contributed by atoms with Crippen molar-refractivity contribution in [2.24, 2.45) is 11.8 Å². The summed E-state index contributed by atoms with van der Waals surface area (Å²) in [6, 6.07) is 5.07. The summed E-state index contributed by atoms with van der Waals surface area (Å²) in [5.41, 5.74) is 2.17. The van der Waals surface area contributed by atoms with Crippen molar-refractivity contribution in [2.45, 2.75) is 33.0 Å². The molecule has 0 spiro atoms. The Kier molecular flexibility index (Phi) is 6.13. The quantitative estimate of drug-likeness (QED) is 0.679. The largest absolute Gasteiger partial charge is 0.371 e. The maximum absolute atomic E-state index is 13.3. The van der Waals surface area contributed by atoms with Crippen molar-refractivity contribution in [3.8, 4) is 0 Å². The Hall–Kier alpha value is -0.570. The Morgan fingerprint density at radius 3 is 2.11 bits per heavy atom. The van der Waals surface area contributed by atoms with Crippen LogP contribution in [-0.2, 0) is 5.33 Å². The molecule has 1 aromatic carbocycles. The van der Waals surface area contributed by atoms with Gasteiger partial charge in [-0.15, -0.1) is 0 Å². The van der Waals surface area contributed by atoms with Crippen molar-refractivity contribution in [1.82, 2.24) is 0 Å². The summed E-state index contributed by atoms with van der Waals surface area (Å²) in [7, 11) is 0. The van der Waals surface area contributed by atoms with E-state index >= 15 is 0 Å². The lowest BCUT2D eigenvalue weighted by atomic mass is 10.1. The molecule has 0 radical (unpaired) electrons. The SMILES string of the molecule is CC(C)CN(CC(C)C)c1ccc(F)cc1CBr. The van der Waals surface area contributed by atoms with Crippen LogP contribution >= 0.6 is 15.9 Å². The van der Waals surface area contributed by atoms with E-state index in [0.29, 0.717) is 17.2 Å². The number of anilines is 1. The fraction of sp³-hybridized carbons (Fsp3) is 0.600. The molecule has 0 saturated carbocycles. The first-order valence-corrected chi connectivity index (χ1v) is 7.65. The highest BCUT2D eigenvalue weighted by Gasteiger charge is 2.14. The Morgan fingerprint density at radius 1 is 1.11 bits per heavy atom. The van der Waals surface area contributed by atoms with E-state index in [1.165, 1.54) is 0 Å². The lowest BCUT2D eigenvalue weighted by Crippen LogP contribution is -2.32. The Bertz CT molecular complexity index is 367. The van der Waals surface area contributed by atoms with Crippen molar-refractivity contribution < 1.29 is 4.39 Å². The number of rotatable bonds is 6. The fourth-order valence-electron chi connectivity index (χ4n) is 2.12. The molecule has 0 atom stereocenters. The van der Waals surface area contributed by atoms with Crippen molar-refractivity contribution in [3.63, 3.8) is 0 Å². The van der Waals surface area contributed by atoms with Gasteiger partial charge in [0.1, 0.15) is 5.82 Å². The van der Waals surface area contributed by atoms with Crippen LogP contribution in [-0.4, -0.2) is 13.1 Å². The van der Waals surface area contributed by atoms with Crippen LogP contribution in [0.1, 0.15) is 33.3 Å². The fourth-order valence-corrected chi connectivity index (χ4v) is 2.57. The van der Waals surface area contributed by atoms with Gasteiger partial charge in [0.25, 0.3) is 0 Å². The normalized spacial score (nSPS) is 11.3. The van der Waals surface area contributed by atoms with Gasteiger partial charge in [-0.3, -0.25) is 0 Å². The van der Waals surface area contributed by atoms with E-state index in [-0.39, 0.29) is 5.82 Å². The minimum absolute atomic E-state index is 0.165. The summed E-state index contributed by atoms with van der Waals surface area (Å²) in [6.07, 6.45) is 0. The Morgan fingerprint density at radius 2 is 1.67 bits per heavy atom. The first kappa shape index (κ1) is 15.5. The van der Waals surface area contributed by atoms with Gasteiger partial charge in [-0.1, -0.05) is 43.6 Å². The second kappa shape index (κ2) is 7.13. The van der Waals surface area contributed by atoms with Crippen LogP contribution in [0.25, 0.3) is 0 Å². The Labute approximate surface area is 119 Å². The monoisotopic (exact) mass is 315 g/mol. The molecular formula is C15H23BrFN. The third-order valence-corrected chi connectivity index (χ3v) is 3.30. The summed E-state index contributed by atoms with van der Waals surface area (Å²) in [6.45, 7) is 10.9. The van der Waals surface area contributed by atoms with Crippen LogP contribution in [0.2, 0.25) is 0 Å². The molecule has 0 aliphatic rings. The number of halogens is 2. The van der Waals surface area contributed by atoms with E-state index in [2.05, 4.69) is 48.5 Å². The van der Waals surface area contributed by atoms with Gasteiger partial charge < -0.3 is 4.90 Å². The van der Waals surface area contributed by atoms with Crippen molar-refractivity contribution >= 4 is 21.6 Å². The molecule has 0 aromatic heterocycles. The predicted molar refractivity (Wildman–Crippen MR) is 80.9 cm³/mol. The van der Waals surface area contributed by atoms with E-state index in [9.17, 15) is 4.39 Å². The van der Waals surface area contributed by atoms with Crippen molar-refractivity contribution in [2.75, 3.05) is 18.0 Å². The second-order valence-corrected chi connectivity index (χ2v) is 6.16. The second-order valence-electron chi connectivity index (χ2n) is 5.60. The molecule has 3 heteroatoms. The van der Waals surface area contributed by atoms with Crippen LogP contribution in [0.4, 0.5) is 10.1 Å². The summed E-state index contributed by atoms with van der Waals surface area (Å²) in [4.78, 5) is 2.37. The highest BCUT2D eigenvalue weighted by molar-refractivity contribution is 9.08. The van der Waals surface area contributed by atoms with Crippen molar-refractivity contribution in [3.05, 3.63) is 29.6 Å². The van der Waals surface area contributed by atoms with Gasteiger partial charge in [0.2, 0.25) is 0 Å². The molecule has 0 amide bonds. The van der Waals surface area contributed by atoms with E-state index in [4.69, 9.17) is 0 Å². The average molecular weight is 316 g/mol. The van der Waals surface area contributed by atoms with Gasteiger partial charge in [0.15, 0.2) is 0 Å². The Balaban J connectivity index is 3.03. The predicted octanol–water partition coefficient (Wildman–Crippen LogP) is 4.84. The number of nitrogens with zero attached hydrogens (tertiary/aromatic N) is 1. The van der Waals surface area contributed by atoms with Gasteiger partial charge in [0.05, 0.1) is 0 Å². The highest BCUT2D eigenvalue weighted by Crippen LogP contribution is 2.25. The molecule has 18 heavy (non-hydrogen) atoms. The molecule has 0 heterocycles. The first-order chi connectivity index (χ1) is 8.43. The number of alkyl halides is 1. The molecule has 0 bridgehead atoms. The minimum atomic E-state index is -0.165. The first-order valence-electron chi connectivity index (χ1n) is 6.53. The van der Waals surface area contributed by atoms with Crippen LogP contribution in [0.3, 0.4) is 0 Å². The summed E-state index contributed by atoms with van der Waals surface area (Å²) >= 11 is 3.45. The summed E-state index contributed by atoms with van der Waals surface area (Å²) in [5.74, 6) is 1.02. The molecule has 0 unspecified atom stereocenters. The third kappa shape index (κ3) is 4.60. The molecule has 0 N–H and O–H groups in total. The average Bonchev–Trinajstić information content (AvgIpc) is 2.26. The number of hydrogen-bond acceptors (Lipinski definition) is 1. The van der Waals surface area contributed by atoms with Gasteiger partial charge in [-0.05, 0) is 35.6 Å². The molecule has 0 saturated heterocycles. The number of hydrogen-bond donors (Lipinski definition) is 0. The molecule has 102 valence electrons. The third-order valence-electron chi connectivity index (χ3n) is 2.70. The summed E-state index contributed by atoms with van der Waals surface area (Å²) in [5, 5.41) is 0.687. The number of benzene rings is 1. The van der Waals surface area contributed by atoms with E-state index in [1.54, 1.807) is 12.1 Å². The zero-order valence-corrected chi connectivity index (χ0v) is 13.3.